The van der Waals surface area contributed by atoms with E-state index in [2.05, 4.69) is 15.3 Å². The fraction of sp³-hybridized carbons (Fsp3) is 0.0455. The monoisotopic (exact) mass is 391 g/mol. The van der Waals surface area contributed by atoms with Gasteiger partial charge in [-0.25, -0.2) is 13.8 Å². The van der Waals surface area contributed by atoms with Gasteiger partial charge in [-0.3, -0.25) is 9.78 Å². The van der Waals surface area contributed by atoms with Gasteiger partial charge in [-0.1, -0.05) is 12.1 Å². The summed E-state index contributed by atoms with van der Waals surface area (Å²) in [5.74, 6) is -2.00. The summed E-state index contributed by atoms with van der Waals surface area (Å²) >= 11 is 0. The highest BCUT2D eigenvalue weighted by Crippen LogP contribution is 2.22. The van der Waals surface area contributed by atoms with Crippen LogP contribution in [-0.2, 0) is 4.79 Å². The van der Waals surface area contributed by atoms with Crippen LogP contribution in [-0.4, -0.2) is 22.5 Å². The van der Waals surface area contributed by atoms with E-state index in [1.165, 1.54) is 6.07 Å². The second kappa shape index (κ2) is 8.02. The van der Waals surface area contributed by atoms with Gasteiger partial charge in [0.15, 0.2) is 18.2 Å². The summed E-state index contributed by atoms with van der Waals surface area (Å²) in [6, 6.07) is 17.8. The fourth-order valence-electron chi connectivity index (χ4n) is 2.74. The number of nitrogens with one attached hydrogen (secondary N) is 1. The third-order valence-electron chi connectivity index (χ3n) is 4.17. The number of nitrogens with zero attached hydrogens (tertiary/aromatic N) is 2. The summed E-state index contributed by atoms with van der Waals surface area (Å²) in [4.78, 5) is 20.9. The third kappa shape index (κ3) is 4.35. The van der Waals surface area contributed by atoms with Crippen molar-refractivity contribution in [1.82, 2.24) is 9.97 Å². The van der Waals surface area contributed by atoms with E-state index in [9.17, 15) is 13.6 Å². The molecule has 1 heterocycles. The van der Waals surface area contributed by atoms with E-state index in [-0.39, 0.29) is 12.3 Å². The maximum Gasteiger partial charge on any atom is 0.262 e. The van der Waals surface area contributed by atoms with Crippen LogP contribution >= 0.6 is 0 Å². The third-order valence-corrected chi connectivity index (χ3v) is 4.17. The van der Waals surface area contributed by atoms with Crippen molar-refractivity contribution in [2.24, 2.45) is 0 Å². The van der Waals surface area contributed by atoms with Gasteiger partial charge in [0.05, 0.1) is 22.9 Å². The molecule has 4 aromatic rings. The maximum absolute atomic E-state index is 13.2. The number of hydrogen-bond donors (Lipinski definition) is 1. The molecule has 0 aliphatic heterocycles. The average Bonchev–Trinajstić information content (AvgIpc) is 2.75. The highest BCUT2D eigenvalue weighted by Gasteiger charge is 2.08. The fourth-order valence-corrected chi connectivity index (χ4v) is 2.74. The Labute approximate surface area is 165 Å². The molecule has 3 aromatic carbocycles. The van der Waals surface area contributed by atoms with Gasteiger partial charge in [-0.2, -0.15) is 0 Å². The van der Waals surface area contributed by atoms with Gasteiger partial charge in [0.2, 0.25) is 0 Å². The van der Waals surface area contributed by atoms with Crippen LogP contribution < -0.4 is 10.1 Å². The number of para-hydroxylation sites is 2. The minimum atomic E-state index is -1.03. The van der Waals surface area contributed by atoms with Gasteiger partial charge in [-0.15, -0.1) is 0 Å². The van der Waals surface area contributed by atoms with Gasteiger partial charge < -0.3 is 10.1 Å². The molecule has 1 amide bonds. The molecule has 5 nitrogen and oxygen atoms in total. The summed E-state index contributed by atoms with van der Waals surface area (Å²) < 4.78 is 31.5. The quantitative estimate of drug-likeness (QED) is 0.540. The molecule has 0 saturated carbocycles. The summed E-state index contributed by atoms with van der Waals surface area (Å²) in [5.41, 5.74) is 3.37. The second-order valence-electron chi connectivity index (χ2n) is 6.23. The van der Waals surface area contributed by atoms with Gasteiger partial charge in [0.25, 0.3) is 5.91 Å². The standard InChI is InChI=1S/C22H15F2N3O2/c23-17-10-7-15(11-18(17)24)26-22(28)13-29-16-8-5-14(6-9-16)21-12-25-19-3-1-2-4-20(19)27-21/h1-12H,13H2,(H,26,28). The molecule has 0 radical (unpaired) electrons. The molecule has 1 aromatic heterocycles. The first-order valence-corrected chi connectivity index (χ1v) is 8.78. The lowest BCUT2D eigenvalue weighted by molar-refractivity contribution is -0.118. The van der Waals surface area contributed by atoms with E-state index in [1.54, 1.807) is 18.3 Å². The number of rotatable bonds is 5. The minimum absolute atomic E-state index is 0.155. The Bertz CT molecular complexity index is 1180. The maximum atomic E-state index is 13.2. The summed E-state index contributed by atoms with van der Waals surface area (Å²) in [6.45, 7) is -0.270. The van der Waals surface area contributed by atoms with E-state index >= 15 is 0 Å². The predicted molar refractivity (Wildman–Crippen MR) is 105 cm³/mol. The Morgan fingerprint density at radius 3 is 2.45 bits per heavy atom. The zero-order valence-electron chi connectivity index (χ0n) is 15.1. The Balaban J connectivity index is 1.38. The first-order chi connectivity index (χ1) is 14.1. The predicted octanol–water partition coefficient (Wildman–Crippen LogP) is 4.59. The van der Waals surface area contributed by atoms with Crippen molar-refractivity contribution in [3.8, 4) is 17.0 Å². The van der Waals surface area contributed by atoms with Crippen molar-refractivity contribution >= 4 is 22.6 Å². The number of hydrogen-bond acceptors (Lipinski definition) is 4. The molecule has 0 atom stereocenters. The van der Waals surface area contributed by atoms with Crippen LogP contribution in [0.2, 0.25) is 0 Å². The van der Waals surface area contributed by atoms with E-state index in [0.717, 1.165) is 34.4 Å². The van der Waals surface area contributed by atoms with Crippen LogP contribution in [0.1, 0.15) is 0 Å². The van der Waals surface area contributed by atoms with Crippen LogP contribution in [0.15, 0.2) is 72.9 Å². The molecule has 0 aliphatic rings. The smallest absolute Gasteiger partial charge is 0.262 e. The Hall–Kier alpha value is -3.87. The number of ether oxygens (including phenoxy) is 1. The molecular weight excluding hydrogens is 376 g/mol. The Morgan fingerprint density at radius 1 is 0.931 bits per heavy atom. The SMILES string of the molecule is O=C(COc1ccc(-c2cnc3ccccc3n2)cc1)Nc1ccc(F)c(F)c1. The zero-order chi connectivity index (χ0) is 20.2. The van der Waals surface area contributed by atoms with Crippen LogP contribution in [0.3, 0.4) is 0 Å². The molecule has 1 N–H and O–H groups in total. The largest absolute Gasteiger partial charge is 0.484 e. The lowest BCUT2D eigenvalue weighted by Crippen LogP contribution is -2.20. The number of fused-ring (bicyclic) bond motifs is 1. The molecular formula is C22H15F2N3O2. The number of benzene rings is 3. The zero-order valence-corrected chi connectivity index (χ0v) is 15.1. The number of carbonyl (C=O) groups excluding carboxylic acids is 1. The van der Waals surface area contributed by atoms with Gasteiger partial charge in [0, 0.05) is 17.3 Å². The number of aromatic nitrogens is 2. The van der Waals surface area contributed by atoms with Crippen LogP contribution in [0.4, 0.5) is 14.5 Å². The minimum Gasteiger partial charge on any atom is -0.484 e. The second-order valence-corrected chi connectivity index (χ2v) is 6.23. The van der Waals surface area contributed by atoms with E-state index in [1.807, 2.05) is 36.4 Å². The number of amides is 1. The first-order valence-electron chi connectivity index (χ1n) is 8.78. The van der Waals surface area contributed by atoms with Gasteiger partial charge in [-0.05, 0) is 48.5 Å². The molecule has 0 saturated heterocycles. The van der Waals surface area contributed by atoms with Crippen molar-refractivity contribution < 1.29 is 18.3 Å². The van der Waals surface area contributed by atoms with Crippen molar-refractivity contribution in [1.29, 1.82) is 0 Å². The average molecular weight is 391 g/mol. The van der Waals surface area contributed by atoms with E-state index in [0.29, 0.717) is 5.75 Å². The van der Waals surface area contributed by atoms with E-state index < -0.39 is 17.5 Å². The van der Waals surface area contributed by atoms with Crippen LogP contribution in [0, 0.1) is 11.6 Å². The summed E-state index contributed by atoms with van der Waals surface area (Å²) in [7, 11) is 0. The molecule has 0 aliphatic carbocycles. The molecule has 4 rings (SSSR count). The molecule has 0 bridgehead atoms. The number of anilines is 1. The molecule has 0 fully saturated rings. The highest BCUT2D eigenvalue weighted by molar-refractivity contribution is 5.91. The van der Waals surface area contributed by atoms with Crippen molar-refractivity contribution in [2.45, 2.75) is 0 Å². The van der Waals surface area contributed by atoms with Crippen LogP contribution in [0.5, 0.6) is 5.75 Å². The van der Waals surface area contributed by atoms with Crippen molar-refractivity contribution in [3.05, 3.63) is 84.6 Å². The highest BCUT2D eigenvalue weighted by atomic mass is 19.2. The lowest BCUT2D eigenvalue weighted by atomic mass is 10.1. The Morgan fingerprint density at radius 2 is 1.69 bits per heavy atom. The lowest BCUT2D eigenvalue weighted by Gasteiger charge is -2.09. The van der Waals surface area contributed by atoms with Crippen molar-refractivity contribution in [3.63, 3.8) is 0 Å². The first kappa shape index (κ1) is 18.5. The van der Waals surface area contributed by atoms with Crippen LogP contribution in [0.25, 0.3) is 22.3 Å². The summed E-state index contributed by atoms with van der Waals surface area (Å²) in [5, 5.41) is 2.45. The Kier molecular flexibility index (Phi) is 5.11. The van der Waals surface area contributed by atoms with Gasteiger partial charge >= 0.3 is 0 Å². The van der Waals surface area contributed by atoms with E-state index in [4.69, 9.17) is 4.74 Å². The molecule has 7 heteroatoms. The normalized spacial score (nSPS) is 10.7. The molecule has 29 heavy (non-hydrogen) atoms. The number of halogens is 2. The number of carbonyl (C=O) groups is 1. The topological polar surface area (TPSA) is 64.1 Å². The molecule has 144 valence electrons. The van der Waals surface area contributed by atoms with Gasteiger partial charge in [0.1, 0.15) is 5.75 Å². The molecule has 0 spiro atoms. The van der Waals surface area contributed by atoms with Crippen molar-refractivity contribution in [2.75, 3.05) is 11.9 Å². The molecule has 0 unspecified atom stereocenters. The summed E-state index contributed by atoms with van der Waals surface area (Å²) in [6.07, 6.45) is 1.70.